The van der Waals surface area contributed by atoms with Crippen LogP contribution in [0.5, 0.6) is 0 Å². The topological polar surface area (TPSA) is 8.17 Å². The lowest BCUT2D eigenvalue weighted by Gasteiger charge is -2.29. The molecule has 13 rings (SSSR count). The Kier molecular flexibility index (Phi) is 9.54. The van der Waals surface area contributed by atoms with Crippen LogP contribution in [-0.2, 0) is 0 Å². The van der Waals surface area contributed by atoms with Gasteiger partial charge in [-0.05, 0) is 126 Å². The summed E-state index contributed by atoms with van der Waals surface area (Å²) in [6, 6.07) is 97.5. The number of benzene rings is 12. The highest BCUT2D eigenvalue weighted by Gasteiger charge is 2.22. The van der Waals surface area contributed by atoms with E-state index in [4.69, 9.17) is 0 Å². The number of aromatic nitrogens is 1. The van der Waals surface area contributed by atoms with Gasteiger partial charge in [-0.15, -0.1) is 0 Å². The molecule has 0 aliphatic rings. The average Bonchev–Trinajstić information content (AvgIpc) is 3.76. The van der Waals surface area contributed by atoms with Crippen molar-refractivity contribution in [2.45, 2.75) is 0 Å². The predicted octanol–water partition coefficient (Wildman–Crippen LogP) is 18.4. The number of nitrogens with zero attached hydrogens (tertiary/aromatic N) is 2. The average molecular weight is 865 g/mol. The number of hydrogen-bond donors (Lipinski definition) is 0. The standard InChI is InChI=1S/C66H44N2/c1-3-18-45(19-4-1)55-31-14-21-48-22-15-34-60(65(48)55)59-28-9-11-35-62(59)67(51-41-38-47(39-42-51)54-30-16-33-57-53-27-8-7-20-46(53)40-43-58(54)57)52-26-13-23-49(44-52)56-32-17-37-64-66(56)61-29-10-12-36-63(61)68(64)50-24-5-2-6-25-50/h1-44H. The molecule has 1 heterocycles. The molecule has 0 bridgehead atoms. The van der Waals surface area contributed by atoms with Crippen LogP contribution >= 0.6 is 0 Å². The minimum Gasteiger partial charge on any atom is -0.310 e. The largest absolute Gasteiger partial charge is 0.310 e. The van der Waals surface area contributed by atoms with Crippen LogP contribution in [0.1, 0.15) is 0 Å². The van der Waals surface area contributed by atoms with Gasteiger partial charge < -0.3 is 9.47 Å². The van der Waals surface area contributed by atoms with Crippen molar-refractivity contribution in [2.75, 3.05) is 4.90 Å². The number of anilines is 3. The molecule has 1 aromatic heterocycles. The van der Waals surface area contributed by atoms with E-state index in [-0.39, 0.29) is 0 Å². The van der Waals surface area contributed by atoms with Gasteiger partial charge >= 0.3 is 0 Å². The first-order valence-electron chi connectivity index (χ1n) is 23.4. The van der Waals surface area contributed by atoms with Crippen molar-refractivity contribution in [2.24, 2.45) is 0 Å². The van der Waals surface area contributed by atoms with E-state index in [9.17, 15) is 0 Å². The quantitative estimate of drug-likeness (QED) is 0.138. The van der Waals surface area contributed by atoms with E-state index in [1.165, 1.54) is 87.5 Å². The number of hydrogen-bond acceptors (Lipinski definition) is 1. The van der Waals surface area contributed by atoms with Crippen LogP contribution in [0.15, 0.2) is 267 Å². The van der Waals surface area contributed by atoms with E-state index >= 15 is 0 Å². The van der Waals surface area contributed by atoms with E-state index in [0.717, 1.165) is 33.9 Å². The lowest BCUT2D eigenvalue weighted by Crippen LogP contribution is -2.11. The van der Waals surface area contributed by atoms with E-state index in [1.807, 2.05) is 0 Å². The Hall–Kier alpha value is -8.98. The second-order valence-electron chi connectivity index (χ2n) is 17.6. The van der Waals surface area contributed by atoms with E-state index in [1.54, 1.807) is 0 Å². The summed E-state index contributed by atoms with van der Waals surface area (Å²) in [5, 5.41) is 9.97. The minimum atomic E-state index is 1.08. The monoisotopic (exact) mass is 864 g/mol. The van der Waals surface area contributed by atoms with Crippen LogP contribution < -0.4 is 4.90 Å². The second kappa shape index (κ2) is 16.5. The fourth-order valence-corrected chi connectivity index (χ4v) is 10.8. The van der Waals surface area contributed by atoms with E-state index < -0.39 is 0 Å². The van der Waals surface area contributed by atoms with Gasteiger partial charge in [0.05, 0.1) is 16.7 Å². The Bertz CT molecular complexity index is 4010. The molecule has 0 atom stereocenters. The fourth-order valence-electron chi connectivity index (χ4n) is 10.8. The predicted molar refractivity (Wildman–Crippen MR) is 290 cm³/mol. The van der Waals surface area contributed by atoms with Crippen molar-refractivity contribution in [3.63, 3.8) is 0 Å². The lowest BCUT2D eigenvalue weighted by molar-refractivity contribution is 1.18. The summed E-state index contributed by atoms with van der Waals surface area (Å²) in [6.07, 6.45) is 0. The molecule has 2 nitrogen and oxygen atoms in total. The lowest BCUT2D eigenvalue weighted by atomic mass is 9.90. The van der Waals surface area contributed by atoms with E-state index in [0.29, 0.717) is 0 Å². The van der Waals surface area contributed by atoms with Crippen LogP contribution in [0.3, 0.4) is 0 Å². The van der Waals surface area contributed by atoms with Gasteiger partial charge in [0.25, 0.3) is 0 Å². The third kappa shape index (κ3) is 6.57. The van der Waals surface area contributed by atoms with Crippen molar-refractivity contribution in [1.82, 2.24) is 4.57 Å². The summed E-state index contributed by atoms with van der Waals surface area (Å²) in [6.45, 7) is 0. The van der Waals surface area contributed by atoms with Crippen molar-refractivity contribution in [1.29, 1.82) is 0 Å². The molecule has 0 saturated carbocycles. The summed E-state index contributed by atoms with van der Waals surface area (Å²) in [4.78, 5) is 2.45. The summed E-state index contributed by atoms with van der Waals surface area (Å²) in [5.74, 6) is 0. The van der Waals surface area contributed by atoms with Gasteiger partial charge in [0.1, 0.15) is 0 Å². The molecule has 12 aromatic carbocycles. The zero-order valence-electron chi connectivity index (χ0n) is 37.3. The smallest absolute Gasteiger partial charge is 0.0547 e. The molecule has 68 heavy (non-hydrogen) atoms. The molecule has 13 aromatic rings. The highest BCUT2D eigenvalue weighted by molar-refractivity contribution is 6.16. The number of para-hydroxylation sites is 3. The molecular formula is C66H44N2. The zero-order chi connectivity index (χ0) is 45.0. The van der Waals surface area contributed by atoms with E-state index in [2.05, 4.69) is 276 Å². The Morgan fingerprint density at radius 1 is 0.265 bits per heavy atom. The van der Waals surface area contributed by atoms with Gasteiger partial charge in [-0.25, -0.2) is 0 Å². The molecule has 0 saturated heterocycles. The minimum absolute atomic E-state index is 1.08. The second-order valence-corrected chi connectivity index (χ2v) is 17.6. The Labute approximate surface area is 395 Å². The highest BCUT2D eigenvalue weighted by Crippen LogP contribution is 2.47. The van der Waals surface area contributed by atoms with Crippen LogP contribution in [0.25, 0.3) is 104 Å². The SMILES string of the molecule is c1ccc(-c2cccc3cccc(-c4ccccc4N(c4ccc(-c5cccc6c5ccc5ccccc56)cc4)c4cccc(-c5cccc6c5c5ccccc5n6-c5ccccc5)c4)c23)cc1. The molecule has 0 unspecified atom stereocenters. The molecule has 2 heteroatoms. The molecule has 318 valence electrons. The van der Waals surface area contributed by atoms with Crippen molar-refractivity contribution >= 4 is 71.2 Å². The Morgan fingerprint density at radius 2 is 0.824 bits per heavy atom. The van der Waals surface area contributed by atoms with Gasteiger partial charge in [0, 0.05) is 33.4 Å². The Balaban J connectivity index is 1.02. The maximum Gasteiger partial charge on any atom is 0.0547 e. The molecule has 0 radical (unpaired) electrons. The molecule has 0 N–H and O–H groups in total. The van der Waals surface area contributed by atoms with Crippen LogP contribution in [0.2, 0.25) is 0 Å². The maximum atomic E-state index is 2.45. The van der Waals surface area contributed by atoms with Crippen LogP contribution in [0, 0.1) is 0 Å². The first kappa shape index (κ1) is 39.4. The fraction of sp³-hybridized carbons (Fsp3) is 0. The van der Waals surface area contributed by atoms with Crippen molar-refractivity contribution in [3.8, 4) is 50.2 Å². The molecule has 0 spiro atoms. The van der Waals surface area contributed by atoms with Crippen LogP contribution in [-0.4, -0.2) is 4.57 Å². The number of rotatable bonds is 8. The highest BCUT2D eigenvalue weighted by atomic mass is 15.1. The third-order valence-electron chi connectivity index (χ3n) is 13.8. The summed E-state index contributed by atoms with van der Waals surface area (Å²) >= 11 is 0. The van der Waals surface area contributed by atoms with Gasteiger partial charge in [-0.1, -0.05) is 212 Å². The van der Waals surface area contributed by atoms with Gasteiger partial charge in [0.2, 0.25) is 0 Å². The molecule has 0 aliphatic carbocycles. The summed E-state index contributed by atoms with van der Waals surface area (Å²) in [5.41, 5.74) is 16.3. The normalized spacial score (nSPS) is 11.5. The first-order chi connectivity index (χ1) is 33.8. The van der Waals surface area contributed by atoms with Crippen LogP contribution in [0.4, 0.5) is 17.1 Å². The molecule has 0 fully saturated rings. The molecule has 0 amide bonds. The molecular weight excluding hydrogens is 821 g/mol. The van der Waals surface area contributed by atoms with Gasteiger partial charge in [-0.2, -0.15) is 0 Å². The maximum absolute atomic E-state index is 2.45. The third-order valence-corrected chi connectivity index (χ3v) is 13.8. The van der Waals surface area contributed by atoms with Crippen molar-refractivity contribution in [3.05, 3.63) is 267 Å². The molecule has 0 aliphatic heterocycles. The Morgan fingerprint density at radius 3 is 1.66 bits per heavy atom. The first-order valence-corrected chi connectivity index (χ1v) is 23.4. The summed E-state index contributed by atoms with van der Waals surface area (Å²) in [7, 11) is 0. The van der Waals surface area contributed by atoms with Gasteiger partial charge in [-0.3, -0.25) is 0 Å². The number of fused-ring (bicyclic) bond motifs is 7. The van der Waals surface area contributed by atoms with Gasteiger partial charge in [0.15, 0.2) is 0 Å². The zero-order valence-corrected chi connectivity index (χ0v) is 37.3. The van der Waals surface area contributed by atoms with Crippen molar-refractivity contribution < 1.29 is 0 Å². The summed E-state index contributed by atoms with van der Waals surface area (Å²) < 4.78 is 2.40.